The van der Waals surface area contributed by atoms with Crippen molar-refractivity contribution in [3.05, 3.63) is 28.2 Å². The maximum absolute atomic E-state index is 6.21. The van der Waals surface area contributed by atoms with E-state index in [1.54, 1.807) is 0 Å². The van der Waals surface area contributed by atoms with Gasteiger partial charge in [0, 0.05) is 6.04 Å². The Balaban J connectivity index is 2.03. The maximum atomic E-state index is 6.21. The summed E-state index contributed by atoms with van der Waals surface area (Å²) in [5.41, 5.74) is 1.28. The molecule has 20 heavy (non-hydrogen) atoms. The predicted octanol–water partition coefficient (Wildman–Crippen LogP) is 4.93. The van der Waals surface area contributed by atoms with E-state index >= 15 is 0 Å². The second-order valence-electron chi connectivity index (χ2n) is 6.21. The van der Waals surface area contributed by atoms with Crippen LogP contribution in [0.15, 0.2) is 22.7 Å². The molecule has 2 rings (SSSR count). The van der Waals surface area contributed by atoms with Crippen LogP contribution in [-0.4, -0.2) is 13.2 Å². The molecule has 1 fully saturated rings. The lowest BCUT2D eigenvalue weighted by Gasteiger charge is -2.32. The molecule has 1 aliphatic rings. The van der Waals surface area contributed by atoms with Gasteiger partial charge in [0.25, 0.3) is 0 Å². The smallest absolute Gasteiger partial charge is 0.133 e. The normalized spacial score (nSPS) is 28.1. The fraction of sp³-hybridized carbons (Fsp3) is 0.647. The number of nitrogens with one attached hydrogen (secondary N) is 1. The minimum absolute atomic E-state index is 0.357. The largest absolute Gasteiger partial charge is 0.489 e. The van der Waals surface area contributed by atoms with Crippen LogP contribution in [-0.2, 0) is 0 Å². The molecule has 1 aromatic rings. The van der Waals surface area contributed by atoms with Gasteiger partial charge in [0.05, 0.1) is 10.6 Å². The van der Waals surface area contributed by atoms with Gasteiger partial charge in [-0.1, -0.05) is 19.9 Å². The predicted molar refractivity (Wildman–Crippen MR) is 88.2 cm³/mol. The van der Waals surface area contributed by atoms with Crippen LogP contribution in [0.1, 0.15) is 51.6 Å². The van der Waals surface area contributed by atoms with E-state index in [4.69, 9.17) is 4.74 Å². The van der Waals surface area contributed by atoms with Gasteiger partial charge in [0.2, 0.25) is 0 Å². The molecule has 1 aliphatic carbocycles. The summed E-state index contributed by atoms with van der Waals surface area (Å²) < 4.78 is 7.26. The molecule has 0 amide bonds. The van der Waals surface area contributed by atoms with Gasteiger partial charge in [-0.25, -0.2) is 0 Å². The average molecular weight is 340 g/mol. The molecule has 112 valence electrons. The highest BCUT2D eigenvalue weighted by atomic mass is 79.9. The van der Waals surface area contributed by atoms with Crippen molar-refractivity contribution in [3.8, 4) is 5.75 Å². The van der Waals surface area contributed by atoms with Gasteiger partial charge in [0.1, 0.15) is 5.75 Å². The average Bonchev–Trinajstić information content (AvgIpc) is 2.44. The lowest BCUT2D eigenvalue weighted by Crippen LogP contribution is -2.28. The Bertz CT molecular complexity index is 449. The maximum Gasteiger partial charge on any atom is 0.133 e. The van der Waals surface area contributed by atoms with Crippen molar-refractivity contribution in [2.45, 2.75) is 52.2 Å². The topological polar surface area (TPSA) is 21.3 Å². The van der Waals surface area contributed by atoms with Crippen LogP contribution in [0.3, 0.4) is 0 Å². The van der Waals surface area contributed by atoms with Crippen LogP contribution in [0, 0.1) is 11.8 Å². The number of hydrogen-bond acceptors (Lipinski definition) is 2. The Labute approximate surface area is 131 Å². The number of halogens is 1. The quantitative estimate of drug-likeness (QED) is 0.839. The molecule has 1 aromatic carbocycles. The molecule has 0 bridgehead atoms. The molecule has 0 spiro atoms. The molecule has 0 saturated heterocycles. The highest BCUT2D eigenvalue weighted by Gasteiger charge is 2.26. The van der Waals surface area contributed by atoms with E-state index in [0.717, 1.165) is 22.1 Å². The van der Waals surface area contributed by atoms with E-state index in [1.165, 1.54) is 24.8 Å². The van der Waals surface area contributed by atoms with Crippen LogP contribution >= 0.6 is 15.9 Å². The first-order valence-electron chi connectivity index (χ1n) is 7.64. The van der Waals surface area contributed by atoms with Gasteiger partial charge in [-0.05, 0) is 78.7 Å². The minimum Gasteiger partial charge on any atom is -0.489 e. The number of rotatable bonds is 4. The molecule has 2 nitrogen and oxygen atoms in total. The summed E-state index contributed by atoms with van der Waals surface area (Å²) in [5, 5.41) is 3.26. The zero-order valence-electron chi connectivity index (χ0n) is 12.9. The first-order chi connectivity index (χ1) is 9.51. The minimum atomic E-state index is 0.357. The van der Waals surface area contributed by atoms with Crippen LogP contribution < -0.4 is 10.1 Å². The summed E-state index contributed by atoms with van der Waals surface area (Å²) in [6.45, 7) is 6.85. The van der Waals surface area contributed by atoms with Crippen molar-refractivity contribution < 1.29 is 4.74 Å². The first kappa shape index (κ1) is 15.8. The van der Waals surface area contributed by atoms with Gasteiger partial charge in [-0.3, -0.25) is 0 Å². The lowest BCUT2D eigenvalue weighted by atomic mass is 9.80. The summed E-state index contributed by atoms with van der Waals surface area (Å²) in [4.78, 5) is 0. The highest BCUT2D eigenvalue weighted by Crippen LogP contribution is 2.35. The molecular weight excluding hydrogens is 314 g/mol. The van der Waals surface area contributed by atoms with Crippen LogP contribution in [0.25, 0.3) is 0 Å². The lowest BCUT2D eigenvalue weighted by molar-refractivity contribution is 0.0999. The molecule has 0 heterocycles. The summed E-state index contributed by atoms with van der Waals surface area (Å²) >= 11 is 3.65. The Morgan fingerprint density at radius 1 is 1.25 bits per heavy atom. The summed E-state index contributed by atoms with van der Waals surface area (Å²) in [7, 11) is 1.98. The first-order valence-corrected chi connectivity index (χ1v) is 8.44. The fourth-order valence-corrected chi connectivity index (χ4v) is 3.32. The van der Waals surface area contributed by atoms with E-state index in [2.05, 4.69) is 60.2 Å². The van der Waals surface area contributed by atoms with Crippen molar-refractivity contribution in [2.75, 3.05) is 7.05 Å². The third-order valence-corrected chi connectivity index (χ3v) is 5.35. The van der Waals surface area contributed by atoms with E-state index < -0.39 is 0 Å². The molecule has 0 aromatic heterocycles. The van der Waals surface area contributed by atoms with Gasteiger partial charge in [0.15, 0.2) is 0 Å². The van der Waals surface area contributed by atoms with Crippen LogP contribution in [0.5, 0.6) is 5.75 Å². The highest BCUT2D eigenvalue weighted by molar-refractivity contribution is 9.10. The van der Waals surface area contributed by atoms with Crippen LogP contribution in [0.4, 0.5) is 0 Å². The molecule has 1 saturated carbocycles. The summed E-state index contributed by atoms with van der Waals surface area (Å²) in [5.74, 6) is 2.57. The molecule has 0 aliphatic heterocycles. The third-order valence-electron chi connectivity index (χ3n) is 4.73. The monoisotopic (exact) mass is 339 g/mol. The van der Waals surface area contributed by atoms with Gasteiger partial charge >= 0.3 is 0 Å². The Morgan fingerprint density at radius 3 is 2.60 bits per heavy atom. The Kier molecular flexibility index (Phi) is 5.50. The van der Waals surface area contributed by atoms with Crippen molar-refractivity contribution in [1.29, 1.82) is 0 Å². The summed E-state index contributed by atoms with van der Waals surface area (Å²) in [6.07, 6.45) is 3.98. The molecule has 4 atom stereocenters. The van der Waals surface area contributed by atoms with Crippen molar-refractivity contribution in [3.63, 3.8) is 0 Å². The van der Waals surface area contributed by atoms with Gasteiger partial charge in [-0.2, -0.15) is 0 Å². The summed E-state index contributed by atoms with van der Waals surface area (Å²) in [6, 6.07) is 6.76. The number of benzene rings is 1. The molecule has 1 N–H and O–H groups in total. The van der Waals surface area contributed by atoms with Crippen molar-refractivity contribution in [1.82, 2.24) is 5.32 Å². The van der Waals surface area contributed by atoms with E-state index in [1.807, 2.05) is 7.05 Å². The SMILES string of the molecule is CNC(C)c1ccc(OC2CCC(C)C(C)C2)c(Br)c1. The second-order valence-corrected chi connectivity index (χ2v) is 7.06. The Morgan fingerprint density at radius 2 is 2.00 bits per heavy atom. The zero-order valence-corrected chi connectivity index (χ0v) is 14.5. The van der Waals surface area contributed by atoms with Crippen LogP contribution in [0.2, 0.25) is 0 Å². The second kappa shape index (κ2) is 6.95. The zero-order chi connectivity index (χ0) is 14.7. The number of hydrogen-bond donors (Lipinski definition) is 1. The fourth-order valence-electron chi connectivity index (χ4n) is 2.83. The van der Waals surface area contributed by atoms with Gasteiger partial charge < -0.3 is 10.1 Å². The van der Waals surface area contributed by atoms with Gasteiger partial charge in [-0.15, -0.1) is 0 Å². The molecular formula is C17H26BrNO. The van der Waals surface area contributed by atoms with E-state index in [-0.39, 0.29) is 0 Å². The molecule has 0 radical (unpaired) electrons. The van der Waals surface area contributed by atoms with Crippen molar-refractivity contribution in [2.24, 2.45) is 11.8 Å². The Hall–Kier alpha value is -0.540. The molecule has 4 unspecified atom stereocenters. The third kappa shape index (κ3) is 3.76. The standard InChI is InChI=1S/C17H26BrNO/c1-11-5-7-15(9-12(11)2)20-17-8-6-14(10-16(17)18)13(3)19-4/h6,8,10-13,15,19H,5,7,9H2,1-4H3. The van der Waals surface area contributed by atoms with E-state index in [9.17, 15) is 0 Å². The van der Waals surface area contributed by atoms with E-state index in [0.29, 0.717) is 12.1 Å². The van der Waals surface area contributed by atoms with Crippen molar-refractivity contribution >= 4 is 15.9 Å². The number of ether oxygens (including phenoxy) is 1. The molecule has 3 heteroatoms.